The SMILES string of the molecule is CCC1=CC(C)(CC)P(=O)(c2ccccc2)O1. The lowest BCUT2D eigenvalue weighted by atomic mass is 10.1. The maximum atomic E-state index is 13.2. The highest BCUT2D eigenvalue weighted by molar-refractivity contribution is 7.69. The van der Waals surface area contributed by atoms with Crippen molar-refractivity contribution in [1.29, 1.82) is 0 Å². The predicted octanol–water partition coefficient (Wildman–Crippen LogP) is 4.08. The Kier molecular flexibility index (Phi) is 3.18. The minimum Gasteiger partial charge on any atom is -0.444 e. The van der Waals surface area contributed by atoms with Crippen LogP contribution in [0.1, 0.15) is 33.6 Å². The van der Waals surface area contributed by atoms with Crippen molar-refractivity contribution in [2.45, 2.75) is 38.8 Å². The van der Waals surface area contributed by atoms with E-state index in [1.165, 1.54) is 0 Å². The topological polar surface area (TPSA) is 26.3 Å². The first-order chi connectivity index (χ1) is 8.05. The van der Waals surface area contributed by atoms with Gasteiger partial charge in [0.15, 0.2) is 0 Å². The fourth-order valence-electron chi connectivity index (χ4n) is 2.18. The molecule has 1 aliphatic rings. The Morgan fingerprint density at radius 3 is 2.41 bits per heavy atom. The number of rotatable bonds is 3. The quantitative estimate of drug-likeness (QED) is 0.755. The largest absolute Gasteiger partial charge is 0.444 e. The molecule has 1 aromatic rings. The van der Waals surface area contributed by atoms with Crippen LogP contribution in [0.2, 0.25) is 0 Å². The highest BCUT2D eigenvalue weighted by Crippen LogP contribution is 2.65. The van der Waals surface area contributed by atoms with E-state index >= 15 is 0 Å². The Labute approximate surface area is 103 Å². The third kappa shape index (κ3) is 1.85. The summed E-state index contributed by atoms with van der Waals surface area (Å²) in [6.07, 6.45) is 3.68. The van der Waals surface area contributed by atoms with E-state index in [0.29, 0.717) is 0 Å². The summed E-state index contributed by atoms with van der Waals surface area (Å²) in [6, 6.07) is 9.57. The van der Waals surface area contributed by atoms with Crippen LogP contribution in [-0.2, 0) is 9.09 Å². The second-order valence-corrected chi connectivity index (χ2v) is 7.48. The van der Waals surface area contributed by atoms with Gasteiger partial charge < -0.3 is 4.52 Å². The molecule has 0 bridgehead atoms. The summed E-state index contributed by atoms with van der Waals surface area (Å²) in [5, 5.41) is 0.462. The van der Waals surface area contributed by atoms with Gasteiger partial charge in [0.2, 0.25) is 0 Å². The van der Waals surface area contributed by atoms with E-state index in [0.717, 1.165) is 23.9 Å². The number of benzene rings is 1. The van der Waals surface area contributed by atoms with Crippen LogP contribution in [0.3, 0.4) is 0 Å². The molecule has 1 aliphatic heterocycles. The molecule has 92 valence electrons. The van der Waals surface area contributed by atoms with Crippen LogP contribution in [0.25, 0.3) is 0 Å². The normalized spacial score (nSPS) is 32.1. The molecule has 2 unspecified atom stereocenters. The first-order valence-electron chi connectivity index (χ1n) is 6.13. The van der Waals surface area contributed by atoms with E-state index in [-0.39, 0.29) is 5.16 Å². The van der Waals surface area contributed by atoms with E-state index in [4.69, 9.17) is 4.52 Å². The molecule has 17 heavy (non-hydrogen) atoms. The smallest absolute Gasteiger partial charge is 0.286 e. The summed E-state index contributed by atoms with van der Waals surface area (Å²) in [7, 11) is -2.81. The highest BCUT2D eigenvalue weighted by Gasteiger charge is 2.50. The van der Waals surface area contributed by atoms with Crippen LogP contribution in [0, 0.1) is 0 Å². The molecule has 0 N–H and O–H groups in total. The van der Waals surface area contributed by atoms with Crippen LogP contribution in [-0.4, -0.2) is 5.16 Å². The van der Waals surface area contributed by atoms with Crippen molar-refractivity contribution in [3.05, 3.63) is 42.2 Å². The third-order valence-electron chi connectivity index (χ3n) is 3.55. The Morgan fingerprint density at radius 1 is 1.24 bits per heavy atom. The van der Waals surface area contributed by atoms with Gasteiger partial charge in [-0.1, -0.05) is 32.0 Å². The van der Waals surface area contributed by atoms with Crippen molar-refractivity contribution in [2.24, 2.45) is 0 Å². The maximum Gasteiger partial charge on any atom is 0.286 e. The molecule has 0 spiro atoms. The Balaban J connectivity index is 2.50. The monoisotopic (exact) mass is 250 g/mol. The second kappa shape index (κ2) is 4.34. The van der Waals surface area contributed by atoms with Crippen molar-refractivity contribution < 1.29 is 9.09 Å². The first-order valence-corrected chi connectivity index (χ1v) is 7.75. The molecule has 0 saturated heterocycles. The molecule has 3 heteroatoms. The number of hydrogen-bond donors (Lipinski definition) is 0. The molecule has 1 aromatic carbocycles. The van der Waals surface area contributed by atoms with Gasteiger partial charge in [0, 0.05) is 11.7 Å². The molecule has 0 amide bonds. The molecular formula is C14H19O2P. The van der Waals surface area contributed by atoms with Gasteiger partial charge in [-0.15, -0.1) is 0 Å². The van der Waals surface area contributed by atoms with Crippen LogP contribution < -0.4 is 5.30 Å². The van der Waals surface area contributed by atoms with Gasteiger partial charge in [-0.25, -0.2) is 0 Å². The van der Waals surface area contributed by atoms with Gasteiger partial charge in [-0.3, -0.25) is 4.57 Å². The van der Waals surface area contributed by atoms with Gasteiger partial charge >= 0.3 is 0 Å². The zero-order chi connectivity index (χ0) is 12.5. The van der Waals surface area contributed by atoms with Gasteiger partial charge in [0.05, 0.1) is 5.16 Å². The van der Waals surface area contributed by atoms with Crippen LogP contribution in [0.5, 0.6) is 0 Å². The zero-order valence-corrected chi connectivity index (χ0v) is 11.5. The van der Waals surface area contributed by atoms with Gasteiger partial charge in [0.1, 0.15) is 5.76 Å². The summed E-state index contributed by atoms with van der Waals surface area (Å²) in [4.78, 5) is 0. The minimum atomic E-state index is -2.81. The predicted molar refractivity (Wildman–Crippen MR) is 71.8 cm³/mol. The van der Waals surface area contributed by atoms with Gasteiger partial charge in [-0.05, 0) is 31.6 Å². The van der Waals surface area contributed by atoms with Crippen molar-refractivity contribution in [1.82, 2.24) is 0 Å². The highest BCUT2D eigenvalue weighted by atomic mass is 31.2. The lowest BCUT2D eigenvalue weighted by Gasteiger charge is -2.28. The van der Waals surface area contributed by atoms with E-state index in [1.807, 2.05) is 44.2 Å². The van der Waals surface area contributed by atoms with Crippen molar-refractivity contribution >= 4 is 12.7 Å². The zero-order valence-electron chi connectivity index (χ0n) is 10.6. The van der Waals surface area contributed by atoms with Crippen molar-refractivity contribution in [3.63, 3.8) is 0 Å². The maximum absolute atomic E-state index is 13.2. The molecule has 2 atom stereocenters. The first kappa shape index (κ1) is 12.4. The number of allylic oxidation sites excluding steroid dienone is 2. The van der Waals surface area contributed by atoms with Crippen molar-refractivity contribution in [2.75, 3.05) is 0 Å². The van der Waals surface area contributed by atoms with Gasteiger partial charge in [-0.2, -0.15) is 0 Å². The molecule has 0 aromatic heterocycles. The molecule has 2 nitrogen and oxygen atoms in total. The van der Waals surface area contributed by atoms with E-state index in [2.05, 4.69) is 13.0 Å². The fraction of sp³-hybridized carbons (Fsp3) is 0.429. The molecule has 1 heterocycles. The third-order valence-corrected chi connectivity index (χ3v) is 6.81. The molecule has 0 radical (unpaired) electrons. The van der Waals surface area contributed by atoms with E-state index < -0.39 is 7.37 Å². The van der Waals surface area contributed by atoms with Crippen LogP contribution in [0.15, 0.2) is 42.2 Å². The molecule has 0 saturated carbocycles. The summed E-state index contributed by atoms with van der Waals surface area (Å²) in [6.45, 7) is 6.13. The second-order valence-electron chi connectivity index (χ2n) is 4.65. The van der Waals surface area contributed by atoms with Gasteiger partial charge in [0.25, 0.3) is 7.37 Å². The van der Waals surface area contributed by atoms with Crippen molar-refractivity contribution in [3.8, 4) is 0 Å². The fourth-order valence-corrected chi connectivity index (χ4v) is 4.89. The van der Waals surface area contributed by atoms with Crippen LogP contribution >= 0.6 is 7.37 Å². The average Bonchev–Trinajstić information content (AvgIpc) is 2.64. The summed E-state index contributed by atoms with van der Waals surface area (Å²) in [5.74, 6) is 0.863. The Bertz CT molecular complexity index is 478. The minimum absolute atomic E-state index is 0.361. The lowest BCUT2D eigenvalue weighted by Crippen LogP contribution is -2.24. The summed E-state index contributed by atoms with van der Waals surface area (Å²) >= 11 is 0. The van der Waals surface area contributed by atoms with E-state index in [9.17, 15) is 4.57 Å². The lowest BCUT2D eigenvalue weighted by molar-refractivity contribution is 0.406. The molecular weight excluding hydrogens is 231 g/mol. The van der Waals surface area contributed by atoms with E-state index in [1.54, 1.807) is 0 Å². The number of hydrogen-bond acceptors (Lipinski definition) is 2. The average molecular weight is 250 g/mol. The summed E-state index contributed by atoms with van der Waals surface area (Å²) < 4.78 is 19.0. The summed E-state index contributed by atoms with van der Waals surface area (Å²) in [5.41, 5.74) is 0. The Morgan fingerprint density at radius 2 is 1.88 bits per heavy atom. The molecule has 0 fully saturated rings. The molecule has 0 aliphatic carbocycles. The molecule has 2 rings (SSSR count). The standard InChI is InChI=1S/C14H19O2P/c1-4-12-11-14(3,5-2)17(15,16-12)13-9-7-6-8-10-13/h6-11H,4-5H2,1-3H3. The van der Waals surface area contributed by atoms with Crippen LogP contribution in [0.4, 0.5) is 0 Å². The Hall–Kier alpha value is -1.01.